The fourth-order valence-electron chi connectivity index (χ4n) is 3.69. The summed E-state index contributed by atoms with van der Waals surface area (Å²) in [5, 5.41) is 11.7. The van der Waals surface area contributed by atoms with E-state index in [0.717, 1.165) is 23.2 Å². The minimum Gasteiger partial charge on any atom is -0.292 e. The topological polar surface area (TPSA) is 66.8 Å². The van der Waals surface area contributed by atoms with E-state index in [1.54, 1.807) is 21.8 Å². The van der Waals surface area contributed by atoms with Gasteiger partial charge in [0.1, 0.15) is 11.5 Å². The maximum atomic E-state index is 13.7. The number of carbonyl (C=O) groups is 1. The minimum absolute atomic E-state index is 0.158. The molecule has 1 aromatic carbocycles. The summed E-state index contributed by atoms with van der Waals surface area (Å²) in [6.07, 6.45) is 4.29. The van der Waals surface area contributed by atoms with E-state index in [1.807, 2.05) is 13.1 Å². The molecule has 0 aliphatic carbocycles. The molecule has 6 nitrogen and oxygen atoms in total. The van der Waals surface area contributed by atoms with E-state index in [2.05, 4.69) is 45.1 Å². The first kappa shape index (κ1) is 18.9. The number of halogens is 2. The Hall–Kier alpha value is -2.48. The summed E-state index contributed by atoms with van der Waals surface area (Å²) in [5.41, 5.74) is 3.72. The van der Waals surface area contributed by atoms with Crippen molar-refractivity contribution in [2.45, 2.75) is 39.8 Å². The van der Waals surface area contributed by atoms with Crippen molar-refractivity contribution in [3.63, 3.8) is 0 Å². The molecule has 28 heavy (non-hydrogen) atoms. The number of anilines is 1. The van der Waals surface area contributed by atoms with Crippen LogP contribution >= 0.6 is 15.9 Å². The first-order chi connectivity index (χ1) is 13.4. The summed E-state index contributed by atoms with van der Waals surface area (Å²) in [6.45, 7) is 6.93. The number of rotatable bonds is 5. The third-order valence-corrected chi connectivity index (χ3v) is 5.61. The zero-order valence-electron chi connectivity index (χ0n) is 15.9. The Bertz CT molecular complexity index is 1040. The molecule has 3 heterocycles. The van der Waals surface area contributed by atoms with Crippen LogP contribution in [0.15, 0.2) is 35.1 Å². The molecule has 0 fully saturated rings. The summed E-state index contributed by atoms with van der Waals surface area (Å²) < 4.78 is 16.1. The van der Waals surface area contributed by atoms with Crippen LogP contribution in [0.3, 0.4) is 0 Å². The van der Waals surface area contributed by atoms with Gasteiger partial charge in [0, 0.05) is 22.8 Å². The van der Waals surface area contributed by atoms with Crippen LogP contribution in [0.5, 0.6) is 0 Å². The third kappa shape index (κ3) is 3.05. The zero-order chi connectivity index (χ0) is 20.0. The number of carbonyl (C=O) groups excluding carboxylic acids is 1. The number of nitrogens with one attached hydrogen (secondary N) is 1. The molecule has 3 aromatic rings. The van der Waals surface area contributed by atoms with Gasteiger partial charge in [0.05, 0.1) is 23.6 Å². The van der Waals surface area contributed by atoms with Gasteiger partial charge in [-0.25, -0.2) is 4.39 Å². The lowest BCUT2D eigenvalue weighted by Crippen LogP contribution is -2.29. The van der Waals surface area contributed by atoms with Crippen LogP contribution in [-0.4, -0.2) is 25.9 Å². The number of hydrogen-bond acceptors (Lipinski definition) is 3. The average molecular weight is 446 g/mol. The van der Waals surface area contributed by atoms with Crippen molar-refractivity contribution in [2.24, 2.45) is 5.92 Å². The molecule has 0 spiro atoms. The number of nitrogens with zero attached hydrogens (tertiary/aromatic N) is 4. The fourth-order valence-corrected chi connectivity index (χ4v) is 4.26. The first-order valence-electron chi connectivity index (χ1n) is 9.28. The van der Waals surface area contributed by atoms with Gasteiger partial charge < -0.3 is 0 Å². The summed E-state index contributed by atoms with van der Waals surface area (Å²) in [5.74, 6) is -0.105. The molecule has 1 aliphatic rings. The van der Waals surface area contributed by atoms with Crippen molar-refractivity contribution in [1.82, 2.24) is 20.0 Å². The fraction of sp³-hybridized carbons (Fsp3) is 0.350. The third-order valence-electron chi connectivity index (χ3n) is 4.93. The van der Waals surface area contributed by atoms with Crippen LogP contribution < -0.4 is 4.90 Å². The van der Waals surface area contributed by atoms with Gasteiger partial charge in [0.15, 0.2) is 0 Å². The van der Waals surface area contributed by atoms with Gasteiger partial charge in [0.2, 0.25) is 0 Å². The monoisotopic (exact) mass is 445 g/mol. The Morgan fingerprint density at radius 3 is 2.79 bits per heavy atom. The van der Waals surface area contributed by atoms with Crippen molar-refractivity contribution >= 4 is 27.5 Å². The highest BCUT2D eigenvalue weighted by molar-refractivity contribution is 9.10. The highest BCUT2D eigenvalue weighted by Gasteiger charge is 2.44. The van der Waals surface area contributed by atoms with E-state index in [1.165, 1.54) is 12.1 Å². The molecule has 1 aliphatic heterocycles. The molecule has 2 aromatic heterocycles. The average Bonchev–Trinajstić information content (AvgIpc) is 3.32. The molecule has 1 amide bonds. The molecule has 8 heteroatoms. The molecule has 0 saturated heterocycles. The van der Waals surface area contributed by atoms with Gasteiger partial charge in [-0.2, -0.15) is 10.2 Å². The van der Waals surface area contributed by atoms with E-state index in [-0.39, 0.29) is 11.7 Å². The van der Waals surface area contributed by atoms with E-state index in [9.17, 15) is 9.18 Å². The van der Waals surface area contributed by atoms with Crippen molar-refractivity contribution in [1.29, 1.82) is 0 Å². The van der Waals surface area contributed by atoms with Crippen LogP contribution in [0.25, 0.3) is 0 Å². The van der Waals surface area contributed by atoms with Gasteiger partial charge in [-0.1, -0.05) is 35.8 Å². The maximum Gasteiger partial charge on any atom is 0.277 e. The number of aryl methyl sites for hydroxylation is 1. The molecular formula is C20H21BrFN5O. The van der Waals surface area contributed by atoms with Crippen molar-refractivity contribution in [2.75, 3.05) is 4.90 Å². The SMILES string of the molecule is CCn1cc(N2C(=O)c3[nH]nc(CC(C)C)c3C2c2ccc(F)cc2Br)cn1. The number of fused-ring (bicyclic) bond motifs is 1. The maximum absolute atomic E-state index is 13.7. The van der Waals surface area contributed by atoms with Gasteiger partial charge in [-0.3, -0.25) is 19.5 Å². The van der Waals surface area contributed by atoms with E-state index < -0.39 is 6.04 Å². The second-order valence-corrected chi connectivity index (χ2v) is 8.21. The summed E-state index contributed by atoms with van der Waals surface area (Å²) >= 11 is 3.48. The second kappa shape index (κ2) is 7.16. The molecule has 0 saturated carbocycles. The Balaban J connectivity index is 1.90. The lowest BCUT2D eigenvalue weighted by molar-refractivity contribution is 0.0988. The standard InChI is InChI=1S/C20H21BrFN5O/c1-4-26-10-13(9-23-26)27-19(14-6-5-12(22)8-15(14)21)17-16(7-11(2)3)24-25-18(17)20(27)28/h5-6,8-11,19H,4,7H2,1-3H3,(H,24,25). The summed E-state index contributed by atoms with van der Waals surface area (Å²) in [6, 6.07) is 4.15. The number of hydrogen-bond donors (Lipinski definition) is 1. The largest absolute Gasteiger partial charge is 0.292 e. The van der Waals surface area contributed by atoms with Gasteiger partial charge >= 0.3 is 0 Å². The van der Waals surface area contributed by atoms with Crippen LogP contribution in [0.4, 0.5) is 10.1 Å². The Morgan fingerprint density at radius 1 is 1.36 bits per heavy atom. The van der Waals surface area contributed by atoms with Crippen LogP contribution in [0, 0.1) is 11.7 Å². The molecule has 1 unspecified atom stereocenters. The molecule has 0 bridgehead atoms. The van der Waals surface area contributed by atoms with Gasteiger partial charge in [0.25, 0.3) is 5.91 Å². The highest BCUT2D eigenvalue weighted by atomic mass is 79.9. The van der Waals surface area contributed by atoms with Crippen molar-refractivity contribution < 1.29 is 9.18 Å². The quantitative estimate of drug-likeness (QED) is 0.629. The minimum atomic E-state index is -0.403. The van der Waals surface area contributed by atoms with Crippen LogP contribution in [-0.2, 0) is 13.0 Å². The highest BCUT2D eigenvalue weighted by Crippen LogP contribution is 2.44. The van der Waals surface area contributed by atoms with Crippen LogP contribution in [0.2, 0.25) is 0 Å². The molecule has 0 radical (unpaired) electrons. The Morgan fingerprint density at radius 2 is 2.14 bits per heavy atom. The van der Waals surface area contributed by atoms with E-state index in [0.29, 0.717) is 28.3 Å². The van der Waals surface area contributed by atoms with E-state index in [4.69, 9.17) is 0 Å². The van der Waals surface area contributed by atoms with Gasteiger partial charge in [-0.05, 0) is 37.0 Å². The second-order valence-electron chi connectivity index (χ2n) is 7.35. The lowest BCUT2D eigenvalue weighted by Gasteiger charge is -2.26. The molecule has 1 N–H and O–H groups in total. The predicted octanol–water partition coefficient (Wildman–Crippen LogP) is 4.48. The van der Waals surface area contributed by atoms with E-state index >= 15 is 0 Å². The lowest BCUT2D eigenvalue weighted by atomic mass is 9.95. The zero-order valence-corrected chi connectivity index (χ0v) is 17.5. The molecular weight excluding hydrogens is 425 g/mol. The van der Waals surface area contributed by atoms with Crippen LogP contribution in [0.1, 0.15) is 54.1 Å². The summed E-state index contributed by atoms with van der Waals surface area (Å²) in [7, 11) is 0. The molecule has 4 rings (SSSR count). The normalized spacial score (nSPS) is 16.3. The Labute approximate surface area is 170 Å². The molecule has 1 atom stereocenters. The first-order valence-corrected chi connectivity index (χ1v) is 10.1. The predicted molar refractivity (Wildman–Crippen MR) is 108 cm³/mol. The number of aromatic nitrogens is 4. The van der Waals surface area contributed by atoms with Gasteiger partial charge in [-0.15, -0.1) is 0 Å². The number of aromatic amines is 1. The van der Waals surface area contributed by atoms with Crippen molar-refractivity contribution in [3.8, 4) is 0 Å². The van der Waals surface area contributed by atoms with Crippen molar-refractivity contribution in [3.05, 3.63) is 63.4 Å². The smallest absolute Gasteiger partial charge is 0.277 e. The number of H-pyrrole nitrogens is 1. The number of amides is 1. The summed E-state index contributed by atoms with van der Waals surface area (Å²) in [4.78, 5) is 15.0. The molecule has 146 valence electrons. The number of benzene rings is 1. The Kier molecular flexibility index (Phi) is 4.82.